The number of Topliss-reactive ketones (excluding diaryl/α,β-unsaturated/α-hetero) is 1. The molecule has 0 radical (unpaired) electrons. The van der Waals surface area contributed by atoms with Crippen LogP contribution in [-0.4, -0.2) is 32.8 Å². The highest BCUT2D eigenvalue weighted by molar-refractivity contribution is 6.46. The molecule has 192 valence electrons. The number of ether oxygens (including phenoxy) is 1. The number of pyridine rings is 1. The quantitative estimate of drug-likeness (QED) is 0.252. The molecule has 0 bridgehead atoms. The highest BCUT2D eigenvalue weighted by Crippen LogP contribution is 2.41. The minimum absolute atomic E-state index is 0.00650. The van der Waals surface area contributed by atoms with E-state index < -0.39 is 17.7 Å². The largest absolute Gasteiger partial charge is 0.507 e. The van der Waals surface area contributed by atoms with Crippen LogP contribution in [0.1, 0.15) is 68.5 Å². The number of ketones is 1. The van der Waals surface area contributed by atoms with Crippen LogP contribution in [0.4, 0.5) is 0 Å². The Kier molecular flexibility index (Phi) is 7.21. The molecule has 3 aromatic rings. The number of aliphatic hydroxyl groups is 1. The van der Waals surface area contributed by atoms with Gasteiger partial charge in [0.25, 0.3) is 11.7 Å². The number of aliphatic hydroxyl groups excluding tert-OH is 1. The summed E-state index contributed by atoms with van der Waals surface area (Å²) in [5.41, 5.74) is 4.01. The fraction of sp³-hybridized carbons (Fsp3) is 0.323. The zero-order valence-corrected chi connectivity index (χ0v) is 22.3. The lowest BCUT2D eigenvalue weighted by Crippen LogP contribution is -2.29. The van der Waals surface area contributed by atoms with E-state index in [1.54, 1.807) is 36.7 Å². The Morgan fingerprint density at radius 1 is 1.08 bits per heavy atom. The van der Waals surface area contributed by atoms with Gasteiger partial charge in [0.15, 0.2) is 0 Å². The second-order valence-electron chi connectivity index (χ2n) is 10.8. The smallest absolute Gasteiger partial charge is 0.295 e. The van der Waals surface area contributed by atoms with Gasteiger partial charge >= 0.3 is 0 Å². The third kappa shape index (κ3) is 5.43. The van der Waals surface area contributed by atoms with E-state index in [1.165, 1.54) is 4.90 Å². The molecular formula is C31H34N2O4. The standard InChI is InChI=1S/C31H34N2O4/c1-19(2)37-25-14-11-23(16-20(25)3)28(34)26-27(22-9-12-24(13-10-22)31(4,5)6)33(30(36)29(26)35)18-21-8-7-15-32-17-21/h7-17,19,27,34H,18H2,1-6H3/b28-26+/t27-/m1/s1. The molecule has 1 amide bonds. The number of likely N-dealkylation sites (tertiary alicyclic amines) is 1. The topological polar surface area (TPSA) is 79.7 Å². The second kappa shape index (κ2) is 10.2. The predicted molar refractivity (Wildman–Crippen MR) is 144 cm³/mol. The fourth-order valence-electron chi connectivity index (χ4n) is 4.58. The minimum atomic E-state index is -0.735. The maximum atomic E-state index is 13.4. The van der Waals surface area contributed by atoms with Gasteiger partial charge in [-0.3, -0.25) is 14.6 Å². The van der Waals surface area contributed by atoms with E-state index in [-0.39, 0.29) is 29.4 Å². The molecule has 1 saturated heterocycles. The summed E-state index contributed by atoms with van der Waals surface area (Å²) in [6, 6.07) is 16.1. The lowest BCUT2D eigenvalue weighted by Gasteiger charge is -2.26. The number of benzene rings is 2. The zero-order chi connectivity index (χ0) is 26.9. The molecule has 1 atom stereocenters. The van der Waals surface area contributed by atoms with E-state index in [1.807, 2.05) is 51.1 Å². The van der Waals surface area contributed by atoms with Crippen molar-refractivity contribution in [3.05, 3.63) is 100 Å². The first kappa shape index (κ1) is 26.1. The van der Waals surface area contributed by atoms with Crippen LogP contribution in [-0.2, 0) is 21.5 Å². The number of rotatable bonds is 6. The van der Waals surface area contributed by atoms with Crippen molar-refractivity contribution in [1.29, 1.82) is 0 Å². The molecule has 0 spiro atoms. The molecule has 2 aromatic carbocycles. The predicted octanol–water partition coefficient (Wildman–Crippen LogP) is 6.10. The Bertz CT molecular complexity index is 1340. The van der Waals surface area contributed by atoms with Crippen LogP contribution in [0.2, 0.25) is 0 Å². The first-order valence-electron chi connectivity index (χ1n) is 12.5. The monoisotopic (exact) mass is 498 g/mol. The number of nitrogens with zero attached hydrogens (tertiary/aromatic N) is 2. The number of aryl methyl sites for hydroxylation is 1. The SMILES string of the molecule is Cc1cc(/C(O)=C2\C(=O)C(=O)N(Cc3cccnc3)[C@@H]2c2ccc(C(C)(C)C)cc2)ccc1OC(C)C. The van der Waals surface area contributed by atoms with Crippen molar-refractivity contribution < 1.29 is 19.4 Å². The molecule has 2 heterocycles. The molecule has 4 rings (SSSR count). The van der Waals surface area contributed by atoms with Gasteiger partial charge < -0.3 is 14.7 Å². The van der Waals surface area contributed by atoms with E-state index in [4.69, 9.17) is 4.74 Å². The summed E-state index contributed by atoms with van der Waals surface area (Å²) in [5, 5.41) is 11.4. The number of aromatic nitrogens is 1. The van der Waals surface area contributed by atoms with Gasteiger partial charge in [-0.15, -0.1) is 0 Å². The van der Waals surface area contributed by atoms with Gasteiger partial charge in [0.1, 0.15) is 11.5 Å². The van der Waals surface area contributed by atoms with Crippen molar-refractivity contribution in [1.82, 2.24) is 9.88 Å². The number of hydrogen-bond donors (Lipinski definition) is 1. The lowest BCUT2D eigenvalue weighted by atomic mass is 9.85. The highest BCUT2D eigenvalue weighted by Gasteiger charge is 2.46. The Morgan fingerprint density at radius 3 is 2.35 bits per heavy atom. The fourth-order valence-corrected chi connectivity index (χ4v) is 4.58. The van der Waals surface area contributed by atoms with E-state index in [2.05, 4.69) is 25.8 Å². The van der Waals surface area contributed by atoms with Crippen LogP contribution in [0.5, 0.6) is 5.75 Å². The van der Waals surface area contributed by atoms with Gasteiger partial charge in [-0.1, -0.05) is 51.1 Å². The maximum absolute atomic E-state index is 13.4. The summed E-state index contributed by atoms with van der Waals surface area (Å²) in [4.78, 5) is 32.3. The Hall–Kier alpha value is -3.93. The summed E-state index contributed by atoms with van der Waals surface area (Å²) in [6.45, 7) is 12.4. The van der Waals surface area contributed by atoms with Crippen molar-refractivity contribution in [2.24, 2.45) is 0 Å². The lowest BCUT2D eigenvalue weighted by molar-refractivity contribution is -0.140. The molecule has 37 heavy (non-hydrogen) atoms. The van der Waals surface area contributed by atoms with Gasteiger partial charge in [-0.25, -0.2) is 0 Å². The van der Waals surface area contributed by atoms with Gasteiger partial charge in [-0.05, 0) is 72.7 Å². The van der Waals surface area contributed by atoms with E-state index in [0.29, 0.717) is 11.3 Å². The Labute approximate surface area is 218 Å². The van der Waals surface area contributed by atoms with Crippen LogP contribution >= 0.6 is 0 Å². The van der Waals surface area contributed by atoms with Gasteiger partial charge in [0, 0.05) is 24.5 Å². The van der Waals surface area contributed by atoms with Crippen molar-refractivity contribution in [3.8, 4) is 5.75 Å². The van der Waals surface area contributed by atoms with Crippen molar-refractivity contribution >= 4 is 17.4 Å². The summed E-state index contributed by atoms with van der Waals surface area (Å²) < 4.78 is 5.82. The summed E-state index contributed by atoms with van der Waals surface area (Å²) in [7, 11) is 0. The second-order valence-corrected chi connectivity index (χ2v) is 10.8. The third-order valence-corrected chi connectivity index (χ3v) is 6.52. The molecule has 6 heteroatoms. The molecule has 1 aromatic heterocycles. The highest BCUT2D eigenvalue weighted by atomic mass is 16.5. The van der Waals surface area contributed by atoms with Gasteiger partial charge in [0.2, 0.25) is 0 Å². The molecule has 1 aliphatic rings. The van der Waals surface area contributed by atoms with Gasteiger partial charge in [0.05, 0.1) is 17.7 Å². The van der Waals surface area contributed by atoms with E-state index >= 15 is 0 Å². The van der Waals surface area contributed by atoms with Crippen molar-refractivity contribution in [2.75, 3.05) is 0 Å². The van der Waals surface area contributed by atoms with Crippen molar-refractivity contribution in [3.63, 3.8) is 0 Å². The number of amides is 1. The van der Waals surface area contributed by atoms with E-state index in [9.17, 15) is 14.7 Å². The molecule has 1 fully saturated rings. The number of carbonyl (C=O) groups is 2. The summed E-state index contributed by atoms with van der Waals surface area (Å²) in [5.74, 6) is -0.840. The normalized spacial score (nSPS) is 17.5. The van der Waals surface area contributed by atoms with Crippen molar-refractivity contribution in [2.45, 2.75) is 65.6 Å². The van der Waals surface area contributed by atoms with E-state index in [0.717, 1.165) is 22.3 Å². The first-order valence-corrected chi connectivity index (χ1v) is 12.5. The number of hydrogen-bond acceptors (Lipinski definition) is 5. The maximum Gasteiger partial charge on any atom is 0.295 e. The van der Waals surface area contributed by atoms with Crippen LogP contribution in [0.3, 0.4) is 0 Å². The molecule has 0 unspecified atom stereocenters. The molecule has 1 N–H and O–H groups in total. The number of carbonyl (C=O) groups excluding carboxylic acids is 2. The molecular weight excluding hydrogens is 464 g/mol. The Balaban J connectivity index is 1.83. The first-order chi connectivity index (χ1) is 17.5. The van der Waals surface area contributed by atoms with Gasteiger partial charge in [-0.2, -0.15) is 0 Å². The van der Waals surface area contributed by atoms with Crippen LogP contribution in [0.25, 0.3) is 5.76 Å². The molecule has 1 aliphatic heterocycles. The zero-order valence-electron chi connectivity index (χ0n) is 22.3. The summed E-state index contributed by atoms with van der Waals surface area (Å²) in [6.07, 6.45) is 3.34. The van der Waals surface area contributed by atoms with Crippen LogP contribution < -0.4 is 4.74 Å². The molecule has 0 aliphatic carbocycles. The molecule has 0 saturated carbocycles. The molecule has 6 nitrogen and oxygen atoms in total. The van der Waals surface area contributed by atoms with Crippen LogP contribution in [0, 0.1) is 6.92 Å². The average molecular weight is 499 g/mol. The third-order valence-electron chi connectivity index (χ3n) is 6.52. The Morgan fingerprint density at radius 2 is 1.78 bits per heavy atom. The summed E-state index contributed by atoms with van der Waals surface area (Å²) >= 11 is 0. The van der Waals surface area contributed by atoms with Crippen LogP contribution in [0.15, 0.2) is 72.6 Å². The minimum Gasteiger partial charge on any atom is -0.507 e. The average Bonchev–Trinajstić information content (AvgIpc) is 3.09.